The van der Waals surface area contributed by atoms with Crippen molar-refractivity contribution < 1.29 is 13.9 Å². The van der Waals surface area contributed by atoms with Gasteiger partial charge in [-0.25, -0.2) is 8.78 Å². The van der Waals surface area contributed by atoms with Crippen LogP contribution in [0, 0.1) is 0 Å². The van der Waals surface area contributed by atoms with Crippen LogP contribution in [0.15, 0.2) is 0 Å². The Hall–Kier alpha value is -0.220. The third kappa shape index (κ3) is 4.29. The monoisotopic (exact) mass is 139 g/mol. The lowest BCUT2D eigenvalue weighted by Gasteiger charge is -2.20. The fourth-order valence-electron chi connectivity index (χ4n) is 0.417. The maximum Gasteiger partial charge on any atom is 0.240 e. The number of halogens is 2. The average molecular weight is 139 g/mol. The molecule has 0 radical (unpaired) electrons. The Morgan fingerprint density at radius 3 is 2.22 bits per heavy atom. The van der Waals surface area contributed by atoms with Gasteiger partial charge < -0.3 is 10.8 Å². The third-order valence-corrected chi connectivity index (χ3v) is 0.982. The van der Waals surface area contributed by atoms with Crippen molar-refractivity contribution in [1.29, 1.82) is 0 Å². The first kappa shape index (κ1) is 8.78. The van der Waals surface area contributed by atoms with Gasteiger partial charge in [0.15, 0.2) is 0 Å². The Morgan fingerprint density at radius 1 is 1.67 bits per heavy atom. The second-order valence-electron chi connectivity index (χ2n) is 2.41. The van der Waals surface area contributed by atoms with Crippen molar-refractivity contribution in [3.8, 4) is 0 Å². The first-order chi connectivity index (χ1) is 3.98. The quantitative estimate of drug-likeness (QED) is 0.592. The van der Waals surface area contributed by atoms with Gasteiger partial charge in [0, 0.05) is 12.0 Å². The van der Waals surface area contributed by atoms with Crippen molar-refractivity contribution in [2.45, 2.75) is 25.3 Å². The van der Waals surface area contributed by atoms with E-state index in [0.717, 1.165) is 0 Å². The number of aliphatic hydroxyl groups excluding tert-OH is 1. The van der Waals surface area contributed by atoms with Crippen molar-refractivity contribution in [1.82, 2.24) is 0 Å². The number of hydrogen-bond acceptors (Lipinski definition) is 2. The molecule has 0 unspecified atom stereocenters. The normalized spacial score (nSPS) is 18.0. The molecule has 2 nitrogen and oxygen atoms in total. The molecule has 0 aliphatic heterocycles. The average Bonchev–Trinajstić information content (AvgIpc) is 1.63. The Balaban J connectivity index is 3.58. The second kappa shape index (κ2) is 3.08. The number of alkyl halides is 2. The molecule has 0 amide bonds. The molecule has 0 aromatic carbocycles. The molecule has 1 atom stereocenters. The van der Waals surface area contributed by atoms with Crippen LogP contribution in [0.1, 0.15) is 13.3 Å². The minimum absolute atomic E-state index is 0.405. The van der Waals surface area contributed by atoms with Crippen molar-refractivity contribution in [3.05, 3.63) is 0 Å². The number of nitrogens with two attached hydrogens (primary N) is 1. The summed E-state index contributed by atoms with van der Waals surface area (Å²) in [6.45, 7) is 0.983. The summed E-state index contributed by atoms with van der Waals surface area (Å²) in [6, 6.07) is 0. The molecule has 0 aromatic heterocycles. The predicted molar refractivity (Wildman–Crippen MR) is 30.3 cm³/mol. The molecule has 0 saturated carbocycles. The summed E-state index contributed by atoms with van der Waals surface area (Å²) in [5, 5.41) is 8.38. The van der Waals surface area contributed by atoms with Crippen LogP contribution in [0.3, 0.4) is 0 Å². The molecule has 0 saturated heterocycles. The zero-order valence-corrected chi connectivity index (χ0v) is 5.27. The Labute approximate surface area is 52.7 Å². The largest absolute Gasteiger partial charge is 0.394 e. The summed E-state index contributed by atoms with van der Waals surface area (Å²) in [5.41, 5.74) is 4.06. The summed E-state index contributed by atoms with van der Waals surface area (Å²) in [6.07, 6.45) is -2.89. The Bertz CT molecular complexity index is 85.0. The fraction of sp³-hybridized carbons (Fsp3) is 1.00. The molecule has 0 heterocycles. The molecule has 0 bridgehead atoms. The number of aliphatic hydroxyl groups is 1. The van der Waals surface area contributed by atoms with E-state index in [4.69, 9.17) is 10.8 Å². The first-order valence-electron chi connectivity index (χ1n) is 2.66. The van der Waals surface area contributed by atoms with Gasteiger partial charge in [-0.3, -0.25) is 0 Å². The molecule has 4 heteroatoms. The molecule has 56 valence electrons. The minimum Gasteiger partial charge on any atom is -0.394 e. The summed E-state index contributed by atoms with van der Waals surface area (Å²) in [4.78, 5) is 0. The van der Waals surface area contributed by atoms with E-state index >= 15 is 0 Å². The first-order valence-corrected chi connectivity index (χ1v) is 2.66. The van der Waals surface area contributed by atoms with Crippen molar-refractivity contribution in [2.75, 3.05) is 6.61 Å². The standard InChI is InChI=1S/C5H11F2NO/c1-5(8,3-9)2-4(6)7/h4,9H,2-3,8H2,1H3/t5-/m0/s1. The highest BCUT2D eigenvalue weighted by Crippen LogP contribution is 2.10. The lowest BCUT2D eigenvalue weighted by molar-refractivity contribution is 0.0845. The van der Waals surface area contributed by atoms with Crippen molar-refractivity contribution in [3.63, 3.8) is 0 Å². The summed E-state index contributed by atoms with van der Waals surface area (Å²) in [7, 11) is 0. The maximum absolute atomic E-state index is 11.5. The van der Waals surface area contributed by atoms with E-state index in [2.05, 4.69) is 0 Å². The van der Waals surface area contributed by atoms with Crippen LogP contribution in [0.2, 0.25) is 0 Å². The number of rotatable bonds is 3. The van der Waals surface area contributed by atoms with Gasteiger partial charge in [-0.2, -0.15) is 0 Å². The molecule has 0 aliphatic carbocycles. The molecular weight excluding hydrogens is 128 g/mol. The molecule has 9 heavy (non-hydrogen) atoms. The zero-order chi connectivity index (χ0) is 7.49. The van der Waals surface area contributed by atoms with Gasteiger partial charge in [0.1, 0.15) is 0 Å². The fourth-order valence-corrected chi connectivity index (χ4v) is 0.417. The highest BCUT2D eigenvalue weighted by molar-refractivity contribution is 4.77. The van der Waals surface area contributed by atoms with E-state index in [-0.39, 0.29) is 0 Å². The Kier molecular flexibility index (Phi) is 3.00. The lowest BCUT2D eigenvalue weighted by Crippen LogP contribution is -2.41. The molecule has 0 aliphatic rings. The summed E-state index contributed by atoms with van der Waals surface area (Å²) in [5.74, 6) is 0. The smallest absolute Gasteiger partial charge is 0.240 e. The van der Waals surface area contributed by atoms with Crippen molar-refractivity contribution in [2.24, 2.45) is 5.73 Å². The Morgan fingerprint density at radius 2 is 2.11 bits per heavy atom. The van der Waals surface area contributed by atoms with Crippen molar-refractivity contribution >= 4 is 0 Å². The minimum atomic E-state index is -2.44. The topological polar surface area (TPSA) is 46.2 Å². The van der Waals surface area contributed by atoms with E-state index in [9.17, 15) is 8.78 Å². The maximum atomic E-state index is 11.5. The second-order valence-corrected chi connectivity index (χ2v) is 2.41. The van der Waals surface area contributed by atoms with Crippen LogP contribution in [0.25, 0.3) is 0 Å². The van der Waals surface area contributed by atoms with Gasteiger partial charge in [-0.05, 0) is 6.92 Å². The van der Waals surface area contributed by atoms with Crippen LogP contribution in [0.4, 0.5) is 8.78 Å². The molecular formula is C5H11F2NO. The van der Waals surface area contributed by atoms with Crippen LogP contribution < -0.4 is 5.73 Å². The van der Waals surface area contributed by atoms with Gasteiger partial charge in [0.05, 0.1) is 6.61 Å². The molecule has 0 spiro atoms. The predicted octanol–water partition coefficient (Wildman–Crippen LogP) is 0.351. The van der Waals surface area contributed by atoms with Gasteiger partial charge in [-0.1, -0.05) is 0 Å². The summed E-state index contributed by atoms with van der Waals surface area (Å²) < 4.78 is 23.1. The highest BCUT2D eigenvalue weighted by atomic mass is 19.3. The van der Waals surface area contributed by atoms with Gasteiger partial charge in [-0.15, -0.1) is 0 Å². The molecule has 0 fully saturated rings. The van der Waals surface area contributed by atoms with Gasteiger partial charge in [0.25, 0.3) is 0 Å². The molecule has 0 rings (SSSR count). The van der Waals surface area contributed by atoms with Crippen LogP contribution in [-0.4, -0.2) is 23.7 Å². The molecule has 3 N–H and O–H groups in total. The van der Waals surface area contributed by atoms with E-state index in [0.29, 0.717) is 0 Å². The van der Waals surface area contributed by atoms with E-state index in [1.54, 1.807) is 0 Å². The van der Waals surface area contributed by atoms with Gasteiger partial charge >= 0.3 is 0 Å². The summed E-state index contributed by atoms with van der Waals surface area (Å²) >= 11 is 0. The lowest BCUT2D eigenvalue weighted by atomic mass is 10.0. The van der Waals surface area contributed by atoms with Crippen LogP contribution >= 0.6 is 0 Å². The van der Waals surface area contributed by atoms with Gasteiger partial charge in [0.2, 0.25) is 6.43 Å². The molecule has 0 aromatic rings. The van der Waals surface area contributed by atoms with E-state index in [1.807, 2.05) is 0 Å². The number of hydrogen-bond donors (Lipinski definition) is 2. The zero-order valence-electron chi connectivity index (χ0n) is 5.27. The SMILES string of the molecule is C[C@@](N)(CO)CC(F)F. The van der Waals surface area contributed by atoms with Crippen LogP contribution in [-0.2, 0) is 0 Å². The van der Waals surface area contributed by atoms with Crippen LogP contribution in [0.5, 0.6) is 0 Å². The highest BCUT2D eigenvalue weighted by Gasteiger charge is 2.21. The third-order valence-electron chi connectivity index (χ3n) is 0.982. The van der Waals surface area contributed by atoms with E-state index < -0.39 is 25.0 Å². The van der Waals surface area contributed by atoms with E-state index in [1.165, 1.54) is 6.92 Å².